The molecule has 3 amide bonds. The number of furan rings is 1. The summed E-state index contributed by atoms with van der Waals surface area (Å²) >= 11 is 0. The van der Waals surface area contributed by atoms with Gasteiger partial charge in [-0.3, -0.25) is 19.3 Å². The second-order valence-electron chi connectivity index (χ2n) is 8.95. The molecule has 0 aliphatic heterocycles. The lowest BCUT2D eigenvalue weighted by molar-refractivity contribution is -0.128. The molecule has 2 N–H and O–H groups in total. The van der Waals surface area contributed by atoms with Gasteiger partial charge in [0.25, 0.3) is 5.91 Å². The van der Waals surface area contributed by atoms with Gasteiger partial charge in [-0.25, -0.2) is 4.39 Å². The number of amides is 3. The van der Waals surface area contributed by atoms with E-state index in [1.165, 1.54) is 29.2 Å². The molecule has 0 bridgehead atoms. The van der Waals surface area contributed by atoms with Gasteiger partial charge in [-0.2, -0.15) is 0 Å². The van der Waals surface area contributed by atoms with Crippen LogP contribution in [0.3, 0.4) is 0 Å². The van der Waals surface area contributed by atoms with Crippen molar-refractivity contribution in [1.29, 1.82) is 0 Å². The zero-order chi connectivity index (χ0) is 25.7. The third kappa shape index (κ3) is 6.18. The smallest absolute Gasteiger partial charge is 0.251 e. The fourth-order valence-electron chi connectivity index (χ4n) is 4.33. The summed E-state index contributed by atoms with van der Waals surface area (Å²) in [6.45, 7) is 3.44. The number of nitrogens with zero attached hydrogens (tertiary/aromatic N) is 2. The van der Waals surface area contributed by atoms with E-state index in [1.54, 1.807) is 32.0 Å². The highest BCUT2D eigenvalue weighted by molar-refractivity contribution is 6.03. The van der Waals surface area contributed by atoms with Crippen molar-refractivity contribution in [3.63, 3.8) is 0 Å². The molecule has 0 spiro atoms. The number of carbonyl (C=O) groups is 3. The minimum absolute atomic E-state index is 0.0120. The van der Waals surface area contributed by atoms with Gasteiger partial charge in [0.2, 0.25) is 11.8 Å². The third-order valence-electron chi connectivity index (χ3n) is 6.07. The lowest BCUT2D eigenvalue weighted by Crippen LogP contribution is -2.46. The van der Waals surface area contributed by atoms with E-state index in [2.05, 4.69) is 15.8 Å². The van der Waals surface area contributed by atoms with Gasteiger partial charge in [0.15, 0.2) is 11.9 Å². The van der Waals surface area contributed by atoms with E-state index >= 15 is 0 Å². The number of carbonyl (C=O) groups excluding carboxylic acids is 3. The maximum absolute atomic E-state index is 13.7. The van der Waals surface area contributed by atoms with Gasteiger partial charge in [0, 0.05) is 30.6 Å². The molecule has 0 saturated heterocycles. The normalized spacial score (nSPS) is 14.4. The van der Waals surface area contributed by atoms with E-state index in [1.807, 2.05) is 0 Å². The summed E-state index contributed by atoms with van der Waals surface area (Å²) in [4.78, 5) is 40.8. The molecular weight excluding hydrogens is 467 g/mol. The summed E-state index contributed by atoms with van der Waals surface area (Å²) in [6, 6.07) is 9.10. The molecule has 1 saturated carbocycles. The van der Waals surface area contributed by atoms with Gasteiger partial charge in [-0.1, -0.05) is 18.0 Å². The van der Waals surface area contributed by atoms with Crippen LogP contribution in [0.15, 0.2) is 51.4 Å². The fraction of sp³-hybridized carbons (Fsp3) is 0.385. The van der Waals surface area contributed by atoms with Gasteiger partial charge in [-0.15, -0.1) is 0 Å². The van der Waals surface area contributed by atoms with Crippen LogP contribution in [-0.2, 0) is 14.4 Å². The summed E-state index contributed by atoms with van der Waals surface area (Å²) in [5, 5.41) is 9.33. The Kier molecular flexibility index (Phi) is 7.82. The van der Waals surface area contributed by atoms with Gasteiger partial charge in [-0.05, 0) is 63.1 Å². The molecule has 1 atom stereocenters. The number of halogens is 1. The van der Waals surface area contributed by atoms with E-state index in [0.29, 0.717) is 17.2 Å². The highest BCUT2D eigenvalue weighted by Gasteiger charge is 2.36. The fourth-order valence-corrected chi connectivity index (χ4v) is 4.33. The van der Waals surface area contributed by atoms with Crippen molar-refractivity contribution in [2.45, 2.75) is 64.5 Å². The molecule has 9 nitrogen and oxygen atoms in total. The summed E-state index contributed by atoms with van der Waals surface area (Å²) in [5.74, 6) is -0.148. The minimum Gasteiger partial charge on any atom is -0.464 e. The summed E-state index contributed by atoms with van der Waals surface area (Å²) in [7, 11) is 0. The molecule has 0 radical (unpaired) electrons. The Labute approximate surface area is 208 Å². The van der Waals surface area contributed by atoms with Crippen molar-refractivity contribution in [3.8, 4) is 0 Å². The molecule has 4 rings (SSSR count). The van der Waals surface area contributed by atoms with Gasteiger partial charge in [0.1, 0.15) is 23.1 Å². The van der Waals surface area contributed by atoms with Crippen LogP contribution in [0.2, 0.25) is 0 Å². The number of aromatic nitrogens is 1. The van der Waals surface area contributed by atoms with Crippen LogP contribution in [0.4, 0.5) is 15.9 Å². The molecule has 1 aliphatic rings. The van der Waals surface area contributed by atoms with Crippen LogP contribution in [0.1, 0.15) is 61.8 Å². The highest BCUT2D eigenvalue weighted by atomic mass is 19.1. The first-order chi connectivity index (χ1) is 17.3. The van der Waals surface area contributed by atoms with Gasteiger partial charge < -0.3 is 19.6 Å². The molecule has 1 aromatic carbocycles. The van der Waals surface area contributed by atoms with E-state index < -0.39 is 29.6 Å². The number of hydrogen-bond donors (Lipinski definition) is 2. The molecule has 0 unspecified atom stereocenters. The Balaban J connectivity index is 1.59. The Morgan fingerprint density at radius 2 is 1.78 bits per heavy atom. The Bertz CT molecular complexity index is 1210. The standard InChI is InChI=1S/C26H29FN4O5/c1-16-7-12-21(35-16)25(26(34)28-19-5-3-4-6-19)31(20-10-8-18(27)9-11-20)24(33)14-13-23(32)29-22-15-17(2)36-30-22/h7-12,15,19,25H,3-6,13-14H2,1-2H3,(H,28,34)(H,29,30,32)/t25-/m0/s1. The number of rotatable bonds is 9. The number of nitrogens with one attached hydrogen (secondary N) is 2. The number of anilines is 2. The average Bonchev–Trinajstić information content (AvgIpc) is 3.60. The van der Waals surface area contributed by atoms with Crippen LogP contribution in [0, 0.1) is 19.7 Å². The average molecular weight is 497 g/mol. The van der Waals surface area contributed by atoms with Crippen molar-refractivity contribution < 1.29 is 27.7 Å². The molecule has 2 heterocycles. The van der Waals surface area contributed by atoms with Crippen LogP contribution < -0.4 is 15.5 Å². The molecule has 36 heavy (non-hydrogen) atoms. The Hall–Kier alpha value is -3.95. The molecule has 1 aliphatic carbocycles. The highest BCUT2D eigenvalue weighted by Crippen LogP contribution is 2.31. The zero-order valence-electron chi connectivity index (χ0n) is 20.3. The topological polar surface area (TPSA) is 118 Å². The van der Waals surface area contributed by atoms with Crippen molar-refractivity contribution in [1.82, 2.24) is 10.5 Å². The number of hydrogen-bond acceptors (Lipinski definition) is 6. The first-order valence-corrected chi connectivity index (χ1v) is 12.0. The maximum Gasteiger partial charge on any atom is 0.251 e. The van der Waals surface area contributed by atoms with E-state index in [9.17, 15) is 18.8 Å². The third-order valence-corrected chi connectivity index (χ3v) is 6.07. The molecule has 190 valence electrons. The molecule has 10 heteroatoms. The van der Waals surface area contributed by atoms with Crippen LogP contribution in [0.5, 0.6) is 0 Å². The van der Waals surface area contributed by atoms with Crippen LogP contribution in [-0.4, -0.2) is 28.9 Å². The Morgan fingerprint density at radius 1 is 1.06 bits per heavy atom. The van der Waals surface area contributed by atoms with Crippen LogP contribution >= 0.6 is 0 Å². The monoisotopic (exact) mass is 496 g/mol. The summed E-state index contributed by atoms with van der Waals surface area (Å²) in [5.41, 5.74) is 0.314. The van der Waals surface area contributed by atoms with Crippen molar-refractivity contribution in [2.75, 3.05) is 10.2 Å². The quantitative estimate of drug-likeness (QED) is 0.448. The van der Waals surface area contributed by atoms with Gasteiger partial charge in [0.05, 0.1) is 0 Å². The maximum atomic E-state index is 13.7. The zero-order valence-corrected chi connectivity index (χ0v) is 20.3. The van der Waals surface area contributed by atoms with E-state index in [4.69, 9.17) is 8.94 Å². The molecule has 2 aromatic heterocycles. The molecular formula is C26H29FN4O5. The largest absolute Gasteiger partial charge is 0.464 e. The minimum atomic E-state index is -1.13. The second kappa shape index (κ2) is 11.2. The number of benzene rings is 1. The van der Waals surface area contributed by atoms with E-state index in [-0.39, 0.29) is 30.5 Å². The summed E-state index contributed by atoms with van der Waals surface area (Å²) in [6.07, 6.45) is 3.42. The van der Waals surface area contributed by atoms with Crippen molar-refractivity contribution in [2.24, 2.45) is 0 Å². The predicted octanol–water partition coefficient (Wildman–Crippen LogP) is 4.58. The molecule has 1 fully saturated rings. The predicted molar refractivity (Wildman–Crippen MR) is 130 cm³/mol. The van der Waals surface area contributed by atoms with Crippen molar-refractivity contribution >= 4 is 29.2 Å². The lowest BCUT2D eigenvalue weighted by atomic mass is 10.1. The van der Waals surface area contributed by atoms with Crippen LogP contribution in [0.25, 0.3) is 0 Å². The van der Waals surface area contributed by atoms with Crippen molar-refractivity contribution in [3.05, 3.63) is 65.6 Å². The number of aryl methyl sites for hydroxylation is 2. The summed E-state index contributed by atoms with van der Waals surface area (Å²) < 4.78 is 24.4. The Morgan fingerprint density at radius 3 is 2.39 bits per heavy atom. The second-order valence-corrected chi connectivity index (χ2v) is 8.95. The van der Waals surface area contributed by atoms with E-state index in [0.717, 1.165) is 25.7 Å². The SMILES string of the molecule is Cc1cc(NC(=O)CCC(=O)N(c2ccc(F)cc2)[C@H](C(=O)NC2CCCC2)c2ccc(C)o2)no1. The molecule has 3 aromatic rings. The first-order valence-electron chi connectivity index (χ1n) is 12.0. The van der Waals surface area contributed by atoms with Gasteiger partial charge >= 0.3 is 0 Å². The lowest BCUT2D eigenvalue weighted by Gasteiger charge is -2.31. The first kappa shape index (κ1) is 25.2.